The lowest BCUT2D eigenvalue weighted by Gasteiger charge is -2.12. The van der Waals surface area contributed by atoms with Crippen LogP contribution in [0.4, 0.5) is 0 Å². The van der Waals surface area contributed by atoms with E-state index in [0.717, 1.165) is 12.0 Å². The fourth-order valence-electron chi connectivity index (χ4n) is 1.67. The predicted octanol–water partition coefficient (Wildman–Crippen LogP) is 2.75. The quantitative estimate of drug-likeness (QED) is 0.434. The molecular weight excluding hydrogens is 220 g/mol. The third-order valence-corrected chi connectivity index (χ3v) is 2.55. The number of ketones is 1. The molecule has 0 spiro atoms. The molecule has 1 aromatic heterocycles. The van der Waals surface area contributed by atoms with Crippen molar-refractivity contribution >= 4 is 11.8 Å². The zero-order valence-electron chi connectivity index (χ0n) is 10.5. The highest BCUT2D eigenvalue weighted by Crippen LogP contribution is 2.19. The Balaban J connectivity index is 2.88. The largest absolute Gasteiger partial charge is 0.465 e. The van der Waals surface area contributed by atoms with E-state index in [1.165, 1.54) is 6.26 Å². The van der Waals surface area contributed by atoms with Crippen LogP contribution in [0.3, 0.4) is 0 Å². The lowest BCUT2D eigenvalue weighted by Crippen LogP contribution is -2.26. The van der Waals surface area contributed by atoms with E-state index in [1.54, 1.807) is 19.9 Å². The van der Waals surface area contributed by atoms with E-state index in [2.05, 4.69) is 0 Å². The minimum absolute atomic E-state index is 0.261. The van der Waals surface area contributed by atoms with E-state index >= 15 is 0 Å². The molecule has 0 radical (unpaired) electrons. The Labute approximate surface area is 101 Å². The van der Waals surface area contributed by atoms with E-state index < -0.39 is 11.9 Å². The fourth-order valence-corrected chi connectivity index (χ4v) is 1.67. The zero-order chi connectivity index (χ0) is 12.8. The summed E-state index contributed by atoms with van der Waals surface area (Å²) in [4.78, 5) is 23.8. The molecular formula is C13H18O4. The smallest absolute Gasteiger partial charge is 0.316 e. The molecule has 17 heavy (non-hydrogen) atoms. The number of carbonyl (C=O) groups is 2. The summed E-state index contributed by atoms with van der Waals surface area (Å²) in [7, 11) is 0. The van der Waals surface area contributed by atoms with Crippen molar-refractivity contribution in [1.82, 2.24) is 0 Å². The molecule has 0 N–H and O–H groups in total. The van der Waals surface area contributed by atoms with Gasteiger partial charge in [-0.1, -0.05) is 13.3 Å². The highest BCUT2D eigenvalue weighted by molar-refractivity contribution is 6.07. The minimum Gasteiger partial charge on any atom is -0.465 e. The van der Waals surface area contributed by atoms with Crippen LogP contribution >= 0.6 is 0 Å². The molecule has 0 aliphatic carbocycles. The summed E-state index contributed by atoms with van der Waals surface area (Å²) in [6.07, 6.45) is 2.68. The third-order valence-electron chi connectivity index (χ3n) is 2.55. The van der Waals surface area contributed by atoms with E-state index in [0.29, 0.717) is 6.42 Å². The molecule has 1 atom stereocenters. The molecule has 0 bridgehead atoms. The second-order valence-electron chi connectivity index (χ2n) is 3.89. The summed E-state index contributed by atoms with van der Waals surface area (Å²) in [5, 5.41) is 0. The molecule has 0 saturated heterocycles. The number of hydrogen-bond acceptors (Lipinski definition) is 4. The maximum Gasteiger partial charge on any atom is 0.316 e. The van der Waals surface area contributed by atoms with E-state index in [1.807, 2.05) is 6.92 Å². The van der Waals surface area contributed by atoms with E-state index in [-0.39, 0.29) is 18.2 Å². The molecule has 4 heteroatoms. The number of aryl methyl sites for hydroxylation is 1. The first-order valence-electron chi connectivity index (χ1n) is 5.86. The second-order valence-corrected chi connectivity index (χ2v) is 3.89. The molecule has 0 aliphatic rings. The molecule has 1 rings (SSSR count). The van der Waals surface area contributed by atoms with Gasteiger partial charge in [-0.05, 0) is 31.9 Å². The first-order chi connectivity index (χ1) is 8.11. The highest BCUT2D eigenvalue weighted by Gasteiger charge is 2.30. The number of furan rings is 1. The molecule has 1 aromatic rings. The topological polar surface area (TPSA) is 56.5 Å². The van der Waals surface area contributed by atoms with Crippen molar-refractivity contribution in [3.8, 4) is 0 Å². The zero-order valence-corrected chi connectivity index (χ0v) is 10.5. The minimum atomic E-state index is -0.746. The van der Waals surface area contributed by atoms with Crippen LogP contribution in [0.15, 0.2) is 16.7 Å². The van der Waals surface area contributed by atoms with Gasteiger partial charge in [0.15, 0.2) is 5.76 Å². The Kier molecular flexibility index (Phi) is 4.94. The Bertz CT molecular complexity index is 392. The molecule has 0 saturated carbocycles. The van der Waals surface area contributed by atoms with Crippen molar-refractivity contribution in [1.29, 1.82) is 0 Å². The van der Waals surface area contributed by atoms with Gasteiger partial charge in [-0.25, -0.2) is 0 Å². The first kappa shape index (κ1) is 13.5. The van der Waals surface area contributed by atoms with Crippen molar-refractivity contribution < 1.29 is 18.7 Å². The standard InChI is InChI=1S/C13H18O4/c1-4-6-10(13(15)16-5-2)11(14)12-9(3)7-8-17-12/h7-8,10H,4-6H2,1-3H3. The van der Waals surface area contributed by atoms with E-state index in [9.17, 15) is 9.59 Å². The average Bonchev–Trinajstić information content (AvgIpc) is 2.71. The maximum absolute atomic E-state index is 12.1. The van der Waals surface area contributed by atoms with E-state index in [4.69, 9.17) is 9.15 Å². The average molecular weight is 238 g/mol. The van der Waals surface area contributed by atoms with Gasteiger partial charge in [0.2, 0.25) is 5.78 Å². The highest BCUT2D eigenvalue weighted by atomic mass is 16.5. The summed E-state index contributed by atoms with van der Waals surface area (Å²) in [6.45, 7) is 5.71. The summed E-state index contributed by atoms with van der Waals surface area (Å²) >= 11 is 0. The predicted molar refractivity (Wildman–Crippen MR) is 62.8 cm³/mol. The number of carbonyl (C=O) groups excluding carboxylic acids is 2. The van der Waals surface area contributed by atoms with Gasteiger partial charge in [0.05, 0.1) is 12.9 Å². The molecule has 0 aromatic carbocycles. The monoisotopic (exact) mass is 238 g/mol. The van der Waals surface area contributed by atoms with Crippen LogP contribution in [-0.2, 0) is 9.53 Å². The Hall–Kier alpha value is -1.58. The van der Waals surface area contributed by atoms with Crippen LogP contribution in [0.5, 0.6) is 0 Å². The van der Waals surface area contributed by atoms with Crippen molar-refractivity contribution in [2.45, 2.75) is 33.6 Å². The Morgan fingerprint density at radius 3 is 2.59 bits per heavy atom. The maximum atomic E-state index is 12.1. The van der Waals surface area contributed by atoms with Gasteiger partial charge < -0.3 is 9.15 Å². The third kappa shape index (κ3) is 3.19. The molecule has 0 amide bonds. The van der Waals surface area contributed by atoms with Gasteiger partial charge in [0.1, 0.15) is 5.92 Å². The van der Waals surface area contributed by atoms with Crippen molar-refractivity contribution in [2.75, 3.05) is 6.61 Å². The van der Waals surface area contributed by atoms with Crippen molar-refractivity contribution in [2.24, 2.45) is 5.92 Å². The summed E-state index contributed by atoms with van der Waals surface area (Å²) in [5.74, 6) is -1.23. The van der Waals surface area contributed by atoms with Crippen LogP contribution in [0.25, 0.3) is 0 Å². The van der Waals surface area contributed by atoms with Crippen LogP contribution in [0.2, 0.25) is 0 Å². The molecule has 0 fully saturated rings. The lowest BCUT2D eigenvalue weighted by molar-refractivity contribution is -0.146. The normalized spacial score (nSPS) is 12.2. The fraction of sp³-hybridized carbons (Fsp3) is 0.538. The summed E-state index contributed by atoms with van der Waals surface area (Å²) < 4.78 is 10.0. The van der Waals surface area contributed by atoms with Crippen LogP contribution in [0.1, 0.15) is 42.8 Å². The molecule has 0 aliphatic heterocycles. The number of rotatable bonds is 6. The van der Waals surface area contributed by atoms with Gasteiger partial charge >= 0.3 is 5.97 Å². The summed E-state index contributed by atoms with van der Waals surface area (Å²) in [6, 6.07) is 1.71. The second kappa shape index (κ2) is 6.23. The van der Waals surface area contributed by atoms with Gasteiger partial charge in [0, 0.05) is 0 Å². The van der Waals surface area contributed by atoms with Crippen molar-refractivity contribution in [3.63, 3.8) is 0 Å². The Morgan fingerprint density at radius 2 is 2.12 bits per heavy atom. The number of ether oxygens (including phenoxy) is 1. The number of Topliss-reactive ketones (excluding diaryl/α,β-unsaturated/α-hetero) is 1. The molecule has 1 unspecified atom stereocenters. The van der Waals surface area contributed by atoms with Crippen LogP contribution < -0.4 is 0 Å². The summed E-state index contributed by atoms with van der Waals surface area (Å²) in [5.41, 5.74) is 0.750. The molecule has 4 nitrogen and oxygen atoms in total. The lowest BCUT2D eigenvalue weighted by atomic mass is 9.96. The molecule has 94 valence electrons. The van der Waals surface area contributed by atoms with Gasteiger partial charge in [-0.15, -0.1) is 0 Å². The van der Waals surface area contributed by atoms with Crippen LogP contribution in [0, 0.1) is 12.8 Å². The molecule has 1 heterocycles. The van der Waals surface area contributed by atoms with Gasteiger partial charge in [-0.2, -0.15) is 0 Å². The van der Waals surface area contributed by atoms with Crippen LogP contribution in [-0.4, -0.2) is 18.4 Å². The number of esters is 1. The van der Waals surface area contributed by atoms with Gasteiger partial charge in [0.25, 0.3) is 0 Å². The van der Waals surface area contributed by atoms with Crippen molar-refractivity contribution in [3.05, 3.63) is 23.7 Å². The SMILES string of the molecule is CCCC(C(=O)OCC)C(=O)c1occc1C. The van der Waals surface area contributed by atoms with Gasteiger partial charge in [-0.3, -0.25) is 9.59 Å². The Morgan fingerprint density at radius 1 is 1.41 bits per heavy atom. The first-order valence-corrected chi connectivity index (χ1v) is 5.86. The number of hydrogen-bond donors (Lipinski definition) is 0.